The van der Waals surface area contributed by atoms with Crippen molar-refractivity contribution in [2.75, 3.05) is 6.54 Å². The molecule has 1 fully saturated rings. The maximum Gasteiger partial charge on any atom is 0.146 e. The summed E-state index contributed by atoms with van der Waals surface area (Å²) in [6, 6.07) is 0.627. The van der Waals surface area contributed by atoms with Gasteiger partial charge >= 0.3 is 0 Å². The normalized spacial score (nSPS) is 16.1. The Balaban J connectivity index is 1.81. The third-order valence-corrected chi connectivity index (χ3v) is 4.25. The molecule has 1 aliphatic carbocycles. The summed E-state index contributed by atoms with van der Waals surface area (Å²) in [7, 11) is 0. The average molecular weight is 267 g/mol. The molecule has 0 heterocycles. The van der Waals surface area contributed by atoms with Crippen molar-refractivity contribution >= 4 is 5.78 Å². The molecular formula is C17H33NO. The summed E-state index contributed by atoms with van der Waals surface area (Å²) in [6.07, 6.45) is 16.5. The Morgan fingerprint density at radius 2 is 1.53 bits per heavy atom. The zero-order chi connectivity index (χ0) is 13.8. The summed E-state index contributed by atoms with van der Waals surface area (Å²) >= 11 is 0. The summed E-state index contributed by atoms with van der Waals surface area (Å²) < 4.78 is 0. The number of carbonyl (C=O) groups excluding carboxylic acids is 1. The van der Waals surface area contributed by atoms with Crippen molar-refractivity contribution in [2.24, 2.45) is 0 Å². The SMILES string of the molecule is CCCCCCCCCCC(=O)CNC1CCCC1. The van der Waals surface area contributed by atoms with Crippen molar-refractivity contribution in [1.82, 2.24) is 5.32 Å². The van der Waals surface area contributed by atoms with Gasteiger partial charge in [0.1, 0.15) is 5.78 Å². The van der Waals surface area contributed by atoms with Crippen LogP contribution in [0.1, 0.15) is 90.4 Å². The molecule has 0 aromatic rings. The fraction of sp³-hybridized carbons (Fsp3) is 0.941. The van der Waals surface area contributed by atoms with Gasteiger partial charge in [0.05, 0.1) is 6.54 Å². The van der Waals surface area contributed by atoms with E-state index >= 15 is 0 Å². The van der Waals surface area contributed by atoms with Crippen LogP contribution in [0.15, 0.2) is 0 Å². The highest BCUT2D eigenvalue weighted by atomic mass is 16.1. The molecule has 0 radical (unpaired) electrons. The van der Waals surface area contributed by atoms with Gasteiger partial charge in [-0.05, 0) is 19.3 Å². The van der Waals surface area contributed by atoms with Crippen LogP contribution < -0.4 is 5.32 Å². The fourth-order valence-corrected chi connectivity index (χ4v) is 2.93. The van der Waals surface area contributed by atoms with Crippen molar-refractivity contribution in [3.63, 3.8) is 0 Å². The molecule has 0 aliphatic heterocycles. The Morgan fingerprint density at radius 1 is 0.947 bits per heavy atom. The minimum absolute atomic E-state index is 0.415. The Bertz CT molecular complexity index is 221. The van der Waals surface area contributed by atoms with Crippen LogP contribution in [-0.4, -0.2) is 18.4 Å². The smallest absolute Gasteiger partial charge is 0.146 e. The molecule has 0 unspecified atom stereocenters. The highest BCUT2D eigenvalue weighted by Crippen LogP contribution is 2.17. The van der Waals surface area contributed by atoms with Gasteiger partial charge in [0.15, 0.2) is 0 Å². The quantitative estimate of drug-likeness (QED) is 0.523. The molecule has 19 heavy (non-hydrogen) atoms. The van der Waals surface area contributed by atoms with E-state index in [9.17, 15) is 4.79 Å². The summed E-state index contributed by atoms with van der Waals surface area (Å²) in [6.45, 7) is 2.87. The summed E-state index contributed by atoms with van der Waals surface area (Å²) in [5, 5.41) is 3.41. The lowest BCUT2D eigenvalue weighted by Crippen LogP contribution is -2.31. The lowest BCUT2D eigenvalue weighted by atomic mass is 10.1. The maximum atomic E-state index is 11.7. The van der Waals surface area contributed by atoms with Gasteiger partial charge in [-0.15, -0.1) is 0 Å². The summed E-state index contributed by atoms with van der Waals surface area (Å²) in [5.41, 5.74) is 0. The number of carbonyl (C=O) groups is 1. The van der Waals surface area contributed by atoms with Gasteiger partial charge in [0, 0.05) is 12.5 Å². The van der Waals surface area contributed by atoms with E-state index in [-0.39, 0.29) is 0 Å². The number of rotatable bonds is 12. The van der Waals surface area contributed by atoms with Crippen LogP contribution in [0.25, 0.3) is 0 Å². The van der Waals surface area contributed by atoms with E-state index in [2.05, 4.69) is 12.2 Å². The molecule has 0 bridgehead atoms. The third-order valence-electron chi connectivity index (χ3n) is 4.25. The van der Waals surface area contributed by atoms with Crippen LogP contribution in [0.3, 0.4) is 0 Å². The van der Waals surface area contributed by atoms with E-state index in [0.717, 1.165) is 12.8 Å². The molecule has 1 N–H and O–H groups in total. The largest absolute Gasteiger partial charge is 0.307 e. The van der Waals surface area contributed by atoms with Crippen LogP contribution >= 0.6 is 0 Å². The predicted molar refractivity (Wildman–Crippen MR) is 82.5 cm³/mol. The van der Waals surface area contributed by atoms with Gasteiger partial charge in [-0.3, -0.25) is 4.79 Å². The number of Topliss-reactive ketones (excluding diaryl/α,β-unsaturated/α-hetero) is 1. The summed E-state index contributed by atoms with van der Waals surface area (Å²) in [4.78, 5) is 11.7. The van der Waals surface area contributed by atoms with Crippen LogP contribution in [0, 0.1) is 0 Å². The zero-order valence-electron chi connectivity index (χ0n) is 12.9. The van der Waals surface area contributed by atoms with E-state index in [1.54, 1.807) is 0 Å². The van der Waals surface area contributed by atoms with Crippen LogP contribution in [0.4, 0.5) is 0 Å². The van der Waals surface area contributed by atoms with Crippen molar-refractivity contribution in [2.45, 2.75) is 96.4 Å². The molecule has 1 rings (SSSR count). The standard InChI is InChI=1S/C17H33NO/c1-2-3-4-5-6-7-8-9-14-17(19)15-18-16-12-10-11-13-16/h16,18H,2-15H2,1H3. The first-order valence-corrected chi connectivity index (χ1v) is 8.58. The lowest BCUT2D eigenvalue weighted by Gasteiger charge is -2.10. The summed E-state index contributed by atoms with van der Waals surface area (Å²) in [5.74, 6) is 0.415. The minimum Gasteiger partial charge on any atom is -0.307 e. The molecule has 1 aliphatic rings. The molecule has 0 spiro atoms. The number of nitrogens with one attached hydrogen (secondary N) is 1. The van der Waals surface area contributed by atoms with Gasteiger partial charge in [-0.1, -0.05) is 64.7 Å². The highest BCUT2D eigenvalue weighted by molar-refractivity contribution is 5.80. The van der Waals surface area contributed by atoms with Crippen molar-refractivity contribution in [1.29, 1.82) is 0 Å². The van der Waals surface area contributed by atoms with Gasteiger partial charge in [0.25, 0.3) is 0 Å². The minimum atomic E-state index is 0.415. The van der Waals surface area contributed by atoms with E-state index in [1.807, 2.05) is 0 Å². The molecule has 0 aromatic carbocycles. The maximum absolute atomic E-state index is 11.7. The molecule has 2 nitrogen and oxygen atoms in total. The van der Waals surface area contributed by atoms with Crippen LogP contribution in [-0.2, 0) is 4.79 Å². The van der Waals surface area contributed by atoms with Gasteiger partial charge < -0.3 is 5.32 Å². The molecule has 1 saturated carbocycles. The van der Waals surface area contributed by atoms with E-state index in [1.165, 1.54) is 70.6 Å². The first-order valence-electron chi connectivity index (χ1n) is 8.58. The second-order valence-electron chi connectivity index (χ2n) is 6.13. The fourth-order valence-electron chi connectivity index (χ4n) is 2.93. The van der Waals surface area contributed by atoms with Crippen molar-refractivity contribution in [3.8, 4) is 0 Å². The second-order valence-corrected chi connectivity index (χ2v) is 6.13. The molecular weight excluding hydrogens is 234 g/mol. The molecule has 0 saturated heterocycles. The highest BCUT2D eigenvalue weighted by Gasteiger charge is 2.14. The van der Waals surface area contributed by atoms with E-state index in [4.69, 9.17) is 0 Å². The van der Waals surface area contributed by atoms with Crippen LogP contribution in [0.2, 0.25) is 0 Å². The van der Waals surface area contributed by atoms with Crippen molar-refractivity contribution in [3.05, 3.63) is 0 Å². The van der Waals surface area contributed by atoms with E-state index in [0.29, 0.717) is 18.4 Å². The van der Waals surface area contributed by atoms with E-state index < -0.39 is 0 Å². The molecule has 2 heteroatoms. The number of hydrogen-bond acceptors (Lipinski definition) is 2. The average Bonchev–Trinajstić information content (AvgIpc) is 2.93. The molecule has 0 aromatic heterocycles. The molecule has 0 amide bonds. The molecule has 112 valence electrons. The monoisotopic (exact) mass is 267 g/mol. The number of ketones is 1. The Hall–Kier alpha value is -0.370. The first kappa shape index (κ1) is 16.7. The zero-order valence-corrected chi connectivity index (χ0v) is 12.9. The Kier molecular flexibility index (Phi) is 10.1. The Labute approximate surface area is 119 Å². The predicted octanol–water partition coefficient (Wildman–Crippen LogP) is 4.62. The second kappa shape index (κ2) is 11.5. The first-order chi connectivity index (χ1) is 9.33. The lowest BCUT2D eigenvalue weighted by molar-refractivity contribution is -0.118. The Morgan fingerprint density at radius 3 is 2.16 bits per heavy atom. The van der Waals surface area contributed by atoms with Crippen LogP contribution in [0.5, 0.6) is 0 Å². The third kappa shape index (κ3) is 9.21. The molecule has 0 atom stereocenters. The van der Waals surface area contributed by atoms with Gasteiger partial charge in [-0.2, -0.15) is 0 Å². The van der Waals surface area contributed by atoms with Crippen molar-refractivity contribution < 1.29 is 4.79 Å². The number of unbranched alkanes of at least 4 members (excludes halogenated alkanes) is 7. The van der Waals surface area contributed by atoms with Gasteiger partial charge in [-0.25, -0.2) is 0 Å². The number of hydrogen-bond donors (Lipinski definition) is 1. The topological polar surface area (TPSA) is 29.1 Å². The van der Waals surface area contributed by atoms with Gasteiger partial charge in [0.2, 0.25) is 0 Å².